The standard InChI is InChI=1S/C9H7F3O2/c1-14-7-3-2-5(10)4-6(7)8(13)9(11)12/h2-4,9H,1H3. The fraction of sp³-hybridized carbons (Fsp3) is 0.222. The van der Waals surface area contributed by atoms with Crippen LogP contribution in [-0.4, -0.2) is 19.3 Å². The van der Waals surface area contributed by atoms with Gasteiger partial charge in [0.05, 0.1) is 12.7 Å². The third-order valence-corrected chi connectivity index (χ3v) is 1.63. The van der Waals surface area contributed by atoms with E-state index in [9.17, 15) is 18.0 Å². The summed E-state index contributed by atoms with van der Waals surface area (Å²) in [5.74, 6) is -2.26. The van der Waals surface area contributed by atoms with E-state index in [0.717, 1.165) is 18.2 Å². The summed E-state index contributed by atoms with van der Waals surface area (Å²) in [5, 5.41) is 0. The number of hydrogen-bond donors (Lipinski definition) is 0. The van der Waals surface area contributed by atoms with Gasteiger partial charge in [-0.2, -0.15) is 0 Å². The number of ether oxygens (including phenoxy) is 1. The van der Waals surface area contributed by atoms with Crippen LogP contribution in [0.1, 0.15) is 10.4 Å². The average Bonchev–Trinajstić information content (AvgIpc) is 2.16. The first-order valence-corrected chi connectivity index (χ1v) is 3.72. The second-order valence-electron chi connectivity index (χ2n) is 2.51. The van der Waals surface area contributed by atoms with E-state index in [-0.39, 0.29) is 5.75 Å². The first-order chi connectivity index (χ1) is 6.56. The van der Waals surface area contributed by atoms with Gasteiger partial charge in [-0.25, -0.2) is 13.2 Å². The normalized spacial score (nSPS) is 10.4. The van der Waals surface area contributed by atoms with Gasteiger partial charge in [-0.1, -0.05) is 0 Å². The lowest BCUT2D eigenvalue weighted by Gasteiger charge is -2.06. The molecule has 0 saturated heterocycles. The maximum absolute atomic E-state index is 12.7. The monoisotopic (exact) mass is 204 g/mol. The number of carbonyl (C=O) groups is 1. The Morgan fingerprint density at radius 1 is 1.43 bits per heavy atom. The van der Waals surface area contributed by atoms with Crippen molar-refractivity contribution in [2.75, 3.05) is 7.11 Å². The molecule has 0 radical (unpaired) electrons. The first-order valence-electron chi connectivity index (χ1n) is 3.72. The van der Waals surface area contributed by atoms with Crippen LogP contribution < -0.4 is 4.74 Å². The quantitative estimate of drug-likeness (QED) is 0.706. The van der Waals surface area contributed by atoms with E-state index >= 15 is 0 Å². The summed E-state index contributed by atoms with van der Waals surface area (Å²) in [4.78, 5) is 10.9. The molecule has 14 heavy (non-hydrogen) atoms. The highest BCUT2D eigenvalue weighted by atomic mass is 19.3. The molecule has 0 spiro atoms. The van der Waals surface area contributed by atoms with E-state index in [2.05, 4.69) is 4.74 Å². The molecule has 0 saturated carbocycles. The van der Waals surface area contributed by atoms with Crippen molar-refractivity contribution in [2.45, 2.75) is 6.43 Å². The molecule has 2 nitrogen and oxygen atoms in total. The second-order valence-corrected chi connectivity index (χ2v) is 2.51. The average molecular weight is 204 g/mol. The van der Waals surface area contributed by atoms with Crippen LogP contribution in [-0.2, 0) is 0 Å². The summed E-state index contributed by atoms with van der Waals surface area (Å²) in [6.07, 6.45) is -3.16. The van der Waals surface area contributed by atoms with E-state index in [0.29, 0.717) is 0 Å². The Morgan fingerprint density at radius 2 is 2.07 bits per heavy atom. The number of benzene rings is 1. The van der Waals surface area contributed by atoms with Crippen molar-refractivity contribution in [3.05, 3.63) is 29.6 Å². The van der Waals surface area contributed by atoms with E-state index in [4.69, 9.17) is 0 Å². The van der Waals surface area contributed by atoms with Crippen molar-refractivity contribution in [3.8, 4) is 5.75 Å². The van der Waals surface area contributed by atoms with E-state index < -0.39 is 23.6 Å². The Hall–Kier alpha value is -1.52. The Kier molecular flexibility index (Phi) is 3.11. The predicted octanol–water partition coefficient (Wildman–Crippen LogP) is 2.28. The van der Waals surface area contributed by atoms with Crippen LogP contribution in [0.2, 0.25) is 0 Å². The maximum atomic E-state index is 12.7. The highest BCUT2D eigenvalue weighted by Crippen LogP contribution is 2.21. The van der Waals surface area contributed by atoms with Gasteiger partial charge >= 0.3 is 6.43 Å². The molecule has 0 fully saturated rings. The van der Waals surface area contributed by atoms with Gasteiger partial charge in [-0.05, 0) is 18.2 Å². The molecule has 76 valence electrons. The van der Waals surface area contributed by atoms with Crippen molar-refractivity contribution in [3.63, 3.8) is 0 Å². The van der Waals surface area contributed by atoms with Gasteiger partial charge in [0.15, 0.2) is 0 Å². The zero-order chi connectivity index (χ0) is 10.7. The van der Waals surface area contributed by atoms with Crippen LogP contribution in [0.3, 0.4) is 0 Å². The number of Topliss-reactive ketones (excluding diaryl/α,β-unsaturated/α-hetero) is 1. The third kappa shape index (κ3) is 2.04. The van der Waals surface area contributed by atoms with Crippen LogP contribution in [0.5, 0.6) is 5.75 Å². The lowest BCUT2D eigenvalue weighted by molar-refractivity contribution is 0.0675. The molecule has 0 N–H and O–H groups in total. The summed E-state index contributed by atoms with van der Waals surface area (Å²) < 4.78 is 41.4. The molecule has 1 rings (SSSR count). The number of methoxy groups -OCH3 is 1. The van der Waals surface area contributed by atoms with Crippen molar-refractivity contribution >= 4 is 5.78 Å². The van der Waals surface area contributed by atoms with Crippen LogP contribution >= 0.6 is 0 Å². The van der Waals surface area contributed by atoms with E-state index in [1.165, 1.54) is 7.11 Å². The van der Waals surface area contributed by atoms with Gasteiger partial charge < -0.3 is 4.74 Å². The number of rotatable bonds is 3. The third-order valence-electron chi connectivity index (χ3n) is 1.63. The Balaban J connectivity index is 3.17. The predicted molar refractivity (Wildman–Crippen MR) is 43.3 cm³/mol. The fourth-order valence-corrected chi connectivity index (χ4v) is 0.990. The van der Waals surface area contributed by atoms with Crippen LogP contribution in [0.15, 0.2) is 18.2 Å². The summed E-state index contributed by atoms with van der Waals surface area (Å²) in [6.45, 7) is 0. The maximum Gasteiger partial charge on any atom is 0.300 e. The number of halogens is 3. The minimum absolute atomic E-state index is 0.0586. The van der Waals surface area contributed by atoms with Crippen LogP contribution in [0.25, 0.3) is 0 Å². The molecule has 1 aromatic carbocycles. The summed E-state index contributed by atoms with van der Waals surface area (Å²) >= 11 is 0. The molecule has 0 aromatic heterocycles. The molecule has 1 aromatic rings. The van der Waals surface area contributed by atoms with Gasteiger partial charge in [0.1, 0.15) is 11.6 Å². The summed E-state index contributed by atoms with van der Waals surface area (Å²) in [6, 6.07) is 2.89. The number of carbonyl (C=O) groups excluding carboxylic acids is 1. The lowest BCUT2D eigenvalue weighted by Crippen LogP contribution is -2.11. The second kappa shape index (κ2) is 4.13. The van der Waals surface area contributed by atoms with E-state index in [1.807, 2.05) is 0 Å². The Bertz CT molecular complexity index is 350. The van der Waals surface area contributed by atoms with Gasteiger partial charge in [-0.15, -0.1) is 0 Å². The highest BCUT2D eigenvalue weighted by molar-refractivity contribution is 6.00. The molecule has 0 amide bonds. The topological polar surface area (TPSA) is 26.3 Å². The molecule has 0 heterocycles. The van der Waals surface area contributed by atoms with Gasteiger partial charge in [0.25, 0.3) is 0 Å². The minimum atomic E-state index is -3.16. The van der Waals surface area contributed by atoms with Crippen molar-refractivity contribution in [2.24, 2.45) is 0 Å². The SMILES string of the molecule is COc1ccc(F)cc1C(=O)C(F)F. The van der Waals surface area contributed by atoms with Gasteiger partial charge in [0.2, 0.25) is 5.78 Å². The zero-order valence-electron chi connectivity index (χ0n) is 7.26. The van der Waals surface area contributed by atoms with Gasteiger partial charge in [-0.3, -0.25) is 4.79 Å². The van der Waals surface area contributed by atoms with Crippen molar-refractivity contribution in [1.29, 1.82) is 0 Å². The number of ketones is 1. The summed E-state index contributed by atoms with van der Waals surface area (Å²) in [5.41, 5.74) is -0.442. The molecular weight excluding hydrogens is 197 g/mol. The van der Waals surface area contributed by atoms with E-state index in [1.54, 1.807) is 0 Å². The largest absolute Gasteiger partial charge is 0.496 e. The highest BCUT2D eigenvalue weighted by Gasteiger charge is 2.22. The first kappa shape index (κ1) is 10.6. The van der Waals surface area contributed by atoms with Gasteiger partial charge in [0, 0.05) is 0 Å². The molecular formula is C9H7F3O2. The van der Waals surface area contributed by atoms with Crippen molar-refractivity contribution < 1.29 is 22.7 Å². The van der Waals surface area contributed by atoms with Crippen LogP contribution in [0.4, 0.5) is 13.2 Å². The molecule has 0 bridgehead atoms. The molecule has 0 unspecified atom stereocenters. The molecule has 5 heteroatoms. The fourth-order valence-electron chi connectivity index (χ4n) is 0.990. The molecule has 0 aliphatic carbocycles. The zero-order valence-corrected chi connectivity index (χ0v) is 7.26. The Labute approximate surface area is 78.3 Å². The van der Waals surface area contributed by atoms with Crippen molar-refractivity contribution in [1.82, 2.24) is 0 Å². The number of hydrogen-bond acceptors (Lipinski definition) is 2. The number of alkyl halides is 2. The molecule has 0 aliphatic rings. The lowest BCUT2D eigenvalue weighted by atomic mass is 10.1. The smallest absolute Gasteiger partial charge is 0.300 e. The van der Waals surface area contributed by atoms with Crippen LogP contribution in [0, 0.1) is 5.82 Å². The molecule has 0 aliphatic heterocycles. The Morgan fingerprint density at radius 3 is 2.57 bits per heavy atom. The minimum Gasteiger partial charge on any atom is -0.496 e. The summed E-state index contributed by atoms with van der Waals surface area (Å²) in [7, 11) is 1.22. The molecule has 0 atom stereocenters.